The summed E-state index contributed by atoms with van der Waals surface area (Å²) in [6, 6.07) is 15.2. The number of hydrogen-bond donors (Lipinski definition) is 1. The van der Waals surface area contributed by atoms with Crippen LogP contribution in [-0.4, -0.2) is 46.5 Å². The average molecular weight is 471 g/mol. The van der Waals surface area contributed by atoms with Gasteiger partial charge in [-0.3, -0.25) is 14.2 Å². The number of nitrogens with zero attached hydrogens (tertiary/aromatic N) is 3. The molecule has 3 aromatic rings. The van der Waals surface area contributed by atoms with Crippen molar-refractivity contribution < 1.29 is 4.79 Å². The standard InChI is InChI=1S/C24H27ClN4O2S/c25-18-7-6-8-19(17-18)27-13-15-28(16-14-27)22(30)11-2-1-5-12-29-23(31)20-9-3-4-10-21(20)26-24(29)32/h3-4,6-10,17H,1-2,5,11-16H2,(H,26,32). The minimum Gasteiger partial charge on any atom is -0.368 e. The van der Waals surface area contributed by atoms with E-state index in [4.69, 9.17) is 23.8 Å². The number of H-pyrrole nitrogens is 1. The van der Waals surface area contributed by atoms with Gasteiger partial charge in [-0.15, -0.1) is 0 Å². The van der Waals surface area contributed by atoms with Gasteiger partial charge >= 0.3 is 0 Å². The van der Waals surface area contributed by atoms with Gasteiger partial charge in [-0.25, -0.2) is 0 Å². The number of fused-ring (bicyclic) bond motifs is 1. The molecule has 32 heavy (non-hydrogen) atoms. The van der Waals surface area contributed by atoms with Crippen LogP contribution in [0.1, 0.15) is 25.7 Å². The Morgan fingerprint density at radius 2 is 1.78 bits per heavy atom. The first-order valence-corrected chi connectivity index (χ1v) is 11.8. The first kappa shape index (κ1) is 22.6. The van der Waals surface area contributed by atoms with Gasteiger partial charge in [0.05, 0.1) is 10.9 Å². The first-order valence-electron chi connectivity index (χ1n) is 11.0. The number of unbranched alkanes of at least 4 members (excludes halogenated alkanes) is 2. The van der Waals surface area contributed by atoms with E-state index in [9.17, 15) is 9.59 Å². The average Bonchev–Trinajstić information content (AvgIpc) is 2.80. The van der Waals surface area contributed by atoms with Crippen LogP contribution in [0.15, 0.2) is 53.3 Å². The molecular formula is C24H27ClN4O2S. The quantitative estimate of drug-likeness (QED) is 0.404. The molecule has 4 rings (SSSR count). The van der Waals surface area contributed by atoms with E-state index >= 15 is 0 Å². The summed E-state index contributed by atoms with van der Waals surface area (Å²) in [5.41, 5.74) is 1.81. The number of carbonyl (C=O) groups is 1. The van der Waals surface area contributed by atoms with Crippen LogP contribution in [0.5, 0.6) is 0 Å². The van der Waals surface area contributed by atoms with Gasteiger partial charge < -0.3 is 14.8 Å². The predicted octanol–water partition coefficient (Wildman–Crippen LogP) is 4.62. The zero-order valence-electron chi connectivity index (χ0n) is 17.9. The van der Waals surface area contributed by atoms with Crippen molar-refractivity contribution in [2.45, 2.75) is 32.2 Å². The fraction of sp³-hybridized carbons (Fsp3) is 0.375. The summed E-state index contributed by atoms with van der Waals surface area (Å²) in [6.45, 7) is 3.65. The minimum atomic E-state index is -0.0574. The molecule has 6 nitrogen and oxygen atoms in total. The lowest BCUT2D eigenvalue weighted by atomic mass is 10.1. The van der Waals surface area contributed by atoms with Gasteiger partial charge in [0, 0.05) is 49.9 Å². The Morgan fingerprint density at radius 1 is 1.00 bits per heavy atom. The highest BCUT2D eigenvalue weighted by Crippen LogP contribution is 2.21. The Labute approximate surface area is 197 Å². The highest BCUT2D eigenvalue weighted by molar-refractivity contribution is 7.71. The number of nitrogens with one attached hydrogen (secondary N) is 1. The molecule has 0 atom stereocenters. The van der Waals surface area contributed by atoms with Gasteiger partial charge in [-0.2, -0.15) is 0 Å². The van der Waals surface area contributed by atoms with Gasteiger partial charge in [0.2, 0.25) is 5.91 Å². The number of anilines is 1. The number of rotatable bonds is 7. The number of halogens is 1. The molecule has 1 aromatic heterocycles. The first-order chi connectivity index (χ1) is 15.5. The second-order valence-electron chi connectivity index (χ2n) is 8.09. The van der Waals surface area contributed by atoms with Crippen molar-refractivity contribution in [1.82, 2.24) is 14.5 Å². The van der Waals surface area contributed by atoms with E-state index in [0.29, 0.717) is 23.1 Å². The van der Waals surface area contributed by atoms with Gasteiger partial charge in [0.1, 0.15) is 0 Å². The third kappa shape index (κ3) is 5.22. The number of aromatic nitrogens is 2. The molecule has 0 saturated carbocycles. The monoisotopic (exact) mass is 470 g/mol. The molecule has 1 amide bonds. The summed E-state index contributed by atoms with van der Waals surface area (Å²) in [4.78, 5) is 32.6. The molecular weight excluding hydrogens is 444 g/mol. The second kappa shape index (κ2) is 10.3. The number of piperazine rings is 1. The van der Waals surface area contributed by atoms with Crippen LogP contribution in [0.4, 0.5) is 5.69 Å². The topological polar surface area (TPSA) is 61.3 Å². The summed E-state index contributed by atoms with van der Waals surface area (Å²) < 4.78 is 2.07. The zero-order chi connectivity index (χ0) is 22.5. The third-order valence-electron chi connectivity index (χ3n) is 5.97. The molecule has 1 aliphatic heterocycles. The summed E-state index contributed by atoms with van der Waals surface area (Å²) in [5.74, 6) is 0.205. The van der Waals surface area contributed by atoms with Crippen molar-refractivity contribution >= 4 is 46.3 Å². The molecule has 8 heteroatoms. The molecule has 1 saturated heterocycles. The SMILES string of the molecule is O=C(CCCCCn1c(=S)[nH]c2ccccc2c1=O)N1CCN(c2cccc(Cl)c2)CC1. The smallest absolute Gasteiger partial charge is 0.262 e. The maximum absolute atomic E-state index is 12.7. The lowest BCUT2D eigenvalue weighted by Crippen LogP contribution is -2.48. The molecule has 0 radical (unpaired) electrons. The van der Waals surface area contributed by atoms with Crippen molar-refractivity contribution in [2.24, 2.45) is 0 Å². The molecule has 2 heterocycles. The molecule has 1 aliphatic rings. The molecule has 2 aromatic carbocycles. The maximum atomic E-state index is 12.7. The Balaban J connectivity index is 1.21. The van der Waals surface area contributed by atoms with Crippen LogP contribution in [-0.2, 0) is 11.3 Å². The van der Waals surface area contributed by atoms with Crippen molar-refractivity contribution in [3.05, 3.63) is 68.7 Å². The number of hydrogen-bond acceptors (Lipinski definition) is 4. The summed E-state index contributed by atoms with van der Waals surface area (Å²) in [5, 5.41) is 1.38. The molecule has 0 unspecified atom stereocenters. The van der Waals surface area contributed by atoms with E-state index in [0.717, 1.165) is 61.7 Å². The van der Waals surface area contributed by atoms with Crippen LogP contribution in [0.2, 0.25) is 5.02 Å². The largest absolute Gasteiger partial charge is 0.368 e. The van der Waals surface area contributed by atoms with Gasteiger partial charge in [-0.1, -0.05) is 36.2 Å². The van der Waals surface area contributed by atoms with Gasteiger partial charge in [-0.05, 0) is 55.4 Å². The van der Waals surface area contributed by atoms with E-state index in [1.54, 1.807) is 4.57 Å². The second-order valence-corrected chi connectivity index (χ2v) is 8.91. The molecule has 0 bridgehead atoms. The van der Waals surface area contributed by atoms with Gasteiger partial charge in [0.25, 0.3) is 5.56 Å². The van der Waals surface area contributed by atoms with Crippen LogP contribution in [0.3, 0.4) is 0 Å². The molecule has 0 spiro atoms. The van der Waals surface area contributed by atoms with Crippen LogP contribution < -0.4 is 10.5 Å². The number of benzene rings is 2. The normalized spacial score (nSPS) is 14.2. The van der Waals surface area contributed by atoms with E-state index in [-0.39, 0.29) is 11.5 Å². The van der Waals surface area contributed by atoms with E-state index < -0.39 is 0 Å². The fourth-order valence-corrected chi connectivity index (χ4v) is 4.64. The highest BCUT2D eigenvalue weighted by atomic mass is 35.5. The van der Waals surface area contributed by atoms with E-state index in [2.05, 4.69) is 16.0 Å². The van der Waals surface area contributed by atoms with Gasteiger partial charge in [0.15, 0.2) is 4.77 Å². The molecule has 1 fully saturated rings. The third-order valence-corrected chi connectivity index (χ3v) is 6.53. The molecule has 168 valence electrons. The Bertz CT molecular complexity index is 1210. The summed E-state index contributed by atoms with van der Waals surface area (Å²) in [7, 11) is 0. The van der Waals surface area contributed by atoms with Crippen molar-refractivity contribution in [1.29, 1.82) is 0 Å². The minimum absolute atomic E-state index is 0.0574. The van der Waals surface area contributed by atoms with Crippen LogP contribution in [0, 0.1) is 4.77 Å². The maximum Gasteiger partial charge on any atom is 0.262 e. The Morgan fingerprint density at radius 3 is 2.56 bits per heavy atom. The van der Waals surface area contributed by atoms with Crippen LogP contribution >= 0.6 is 23.8 Å². The van der Waals surface area contributed by atoms with E-state index in [1.807, 2.05) is 47.4 Å². The summed E-state index contributed by atoms with van der Waals surface area (Å²) >= 11 is 11.4. The van der Waals surface area contributed by atoms with Crippen molar-refractivity contribution in [3.63, 3.8) is 0 Å². The Hall–Kier alpha value is -2.64. The molecule has 1 N–H and O–H groups in total. The number of aromatic amines is 1. The predicted molar refractivity (Wildman–Crippen MR) is 132 cm³/mol. The summed E-state index contributed by atoms with van der Waals surface area (Å²) in [6.07, 6.45) is 3.04. The number of para-hydroxylation sites is 1. The highest BCUT2D eigenvalue weighted by Gasteiger charge is 2.21. The lowest BCUT2D eigenvalue weighted by molar-refractivity contribution is -0.131. The zero-order valence-corrected chi connectivity index (χ0v) is 19.5. The lowest BCUT2D eigenvalue weighted by Gasteiger charge is -2.36. The number of carbonyl (C=O) groups excluding carboxylic acids is 1. The number of amides is 1. The van der Waals surface area contributed by atoms with Crippen molar-refractivity contribution in [3.8, 4) is 0 Å². The molecule has 0 aliphatic carbocycles. The van der Waals surface area contributed by atoms with Crippen LogP contribution in [0.25, 0.3) is 10.9 Å². The van der Waals surface area contributed by atoms with Crippen molar-refractivity contribution in [2.75, 3.05) is 31.1 Å². The Kier molecular flexibility index (Phi) is 7.27. The fourth-order valence-electron chi connectivity index (χ4n) is 4.17. The van der Waals surface area contributed by atoms with E-state index in [1.165, 1.54) is 0 Å².